The summed E-state index contributed by atoms with van der Waals surface area (Å²) in [5.74, 6) is 0.0537. The average Bonchev–Trinajstić information content (AvgIpc) is 1.83. The molecule has 0 N–H and O–H groups in total. The summed E-state index contributed by atoms with van der Waals surface area (Å²) in [6.45, 7) is 5.61. The summed E-state index contributed by atoms with van der Waals surface area (Å²) >= 11 is 0. The van der Waals surface area contributed by atoms with Gasteiger partial charge in [-0.1, -0.05) is 0 Å². The molecular formula is C9H16FNO. The Morgan fingerprint density at radius 2 is 2.25 bits per heavy atom. The van der Waals surface area contributed by atoms with Crippen LogP contribution >= 0.6 is 0 Å². The van der Waals surface area contributed by atoms with E-state index in [-0.39, 0.29) is 11.9 Å². The molecule has 70 valence electrons. The summed E-state index contributed by atoms with van der Waals surface area (Å²) < 4.78 is 13.4. The van der Waals surface area contributed by atoms with Gasteiger partial charge in [-0.25, -0.2) is 4.39 Å². The summed E-state index contributed by atoms with van der Waals surface area (Å²) in [6, 6.07) is 0.0475. The first-order valence-electron chi connectivity index (χ1n) is 4.38. The van der Waals surface area contributed by atoms with Crippen LogP contribution in [0.5, 0.6) is 0 Å². The largest absolute Gasteiger partial charge is 0.340 e. The molecular weight excluding hydrogens is 157 g/mol. The second-order valence-electron chi connectivity index (χ2n) is 3.93. The number of carbonyl (C=O) groups excluding carboxylic acids is 1. The fourth-order valence-electron chi connectivity index (χ4n) is 1.87. The average molecular weight is 173 g/mol. The van der Waals surface area contributed by atoms with Crippen molar-refractivity contribution in [3.63, 3.8) is 0 Å². The van der Waals surface area contributed by atoms with E-state index in [9.17, 15) is 9.18 Å². The molecule has 2 unspecified atom stereocenters. The van der Waals surface area contributed by atoms with Crippen LogP contribution in [-0.4, -0.2) is 29.1 Å². The van der Waals surface area contributed by atoms with Crippen molar-refractivity contribution in [1.29, 1.82) is 0 Å². The molecule has 12 heavy (non-hydrogen) atoms. The van der Waals surface area contributed by atoms with Crippen molar-refractivity contribution >= 4 is 5.91 Å². The lowest BCUT2D eigenvalue weighted by Crippen LogP contribution is -2.47. The summed E-state index contributed by atoms with van der Waals surface area (Å²) in [4.78, 5) is 12.8. The number of halogens is 1. The maximum atomic E-state index is 13.4. The van der Waals surface area contributed by atoms with Crippen molar-refractivity contribution in [3.05, 3.63) is 0 Å². The first kappa shape index (κ1) is 9.49. The molecule has 0 saturated carbocycles. The van der Waals surface area contributed by atoms with E-state index >= 15 is 0 Å². The van der Waals surface area contributed by atoms with E-state index in [2.05, 4.69) is 0 Å². The minimum absolute atomic E-state index is 0.0475. The third-order valence-corrected chi connectivity index (χ3v) is 2.53. The molecule has 1 aliphatic heterocycles. The Labute approximate surface area is 72.7 Å². The molecule has 0 aromatic rings. The normalized spacial score (nSPS) is 36.7. The van der Waals surface area contributed by atoms with Crippen LogP contribution in [0.4, 0.5) is 4.39 Å². The van der Waals surface area contributed by atoms with Gasteiger partial charge in [-0.3, -0.25) is 4.79 Å². The van der Waals surface area contributed by atoms with Gasteiger partial charge in [-0.15, -0.1) is 0 Å². The number of nitrogens with zero attached hydrogens (tertiary/aromatic N) is 1. The molecule has 0 spiro atoms. The Morgan fingerprint density at radius 1 is 1.67 bits per heavy atom. The highest BCUT2D eigenvalue weighted by molar-refractivity contribution is 5.73. The highest BCUT2D eigenvalue weighted by Gasteiger charge is 2.34. The second kappa shape index (κ2) is 3.04. The molecule has 0 radical (unpaired) electrons. The van der Waals surface area contributed by atoms with Crippen LogP contribution in [0.25, 0.3) is 0 Å². The van der Waals surface area contributed by atoms with E-state index in [1.807, 2.05) is 6.92 Å². The lowest BCUT2D eigenvalue weighted by Gasteiger charge is -2.39. The van der Waals surface area contributed by atoms with E-state index < -0.39 is 5.67 Å². The fourth-order valence-corrected chi connectivity index (χ4v) is 1.87. The van der Waals surface area contributed by atoms with Gasteiger partial charge in [0.05, 0.1) is 0 Å². The van der Waals surface area contributed by atoms with Crippen molar-refractivity contribution in [2.24, 2.45) is 0 Å². The van der Waals surface area contributed by atoms with Crippen molar-refractivity contribution in [2.45, 2.75) is 45.3 Å². The van der Waals surface area contributed by atoms with Gasteiger partial charge >= 0.3 is 0 Å². The molecule has 1 heterocycles. The highest BCUT2D eigenvalue weighted by Crippen LogP contribution is 2.29. The van der Waals surface area contributed by atoms with E-state index in [0.717, 1.165) is 0 Å². The third kappa shape index (κ3) is 1.96. The molecule has 1 amide bonds. The number of amides is 1. The maximum Gasteiger partial charge on any atom is 0.219 e. The Hall–Kier alpha value is -0.600. The molecule has 1 saturated heterocycles. The molecule has 0 aromatic carbocycles. The predicted octanol–water partition coefficient (Wildman–Crippen LogP) is 1.75. The highest BCUT2D eigenvalue weighted by atomic mass is 19.1. The molecule has 2 atom stereocenters. The van der Waals surface area contributed by atoms with Gasteiger partial charge in [0.15, 0.2) is 0 Å². The van der Waals surface area contributed by atoms with Gasteiger partial charge in [-0.2, -0.15) is 0 Å². The summed E-state index contributed by atoms with van der Waals surface area (Å²) in [5, 5.41) is 0. The van der Waals surface area contributed by atoms with Crippen LogP contribution < -0.4 is 0 Å². The van der Waals surface area contributed by atoms with Crippen molar-refractivity contribution in [2.75, 3.05) is 6.54 Å². The zero-order chi connectivity index (χ0) is 9.35. The molecule has 1 aliphatic rings. The first-order chi connectivity index (χ1) is 5.42. The smallest absolute Gasteiger partial charge is 0.219 e. The van der Waals surface area contributed by atoms with Gasteiger partial charge in [0, 0.05) is 25.9 Å². The monoisotopic (exact) mass is 173 g/mol. The van der Waals surface area contributed by atoms with Crippen LogP contribution in [0.2, 0.25) is 0 Å². The molecule has 3 heteroatoms. The molecule has 1 fully saturated rings. The molecule has 0 aliphatic carbocycles. The van der Waals surface area contributed by atoms with Gasteiger partial charge in [0.25, 0.3) is 0 Å². The number of rotatable bonds is 0. The molecule has 1 rings (SSSR count). The lowest BCUT2D eigenvalue weighted by molar-refractivity contribution is -0.134. The fraction of sp³-hybridized carbons (Fsp3) is 0.889. The lowest BCUT2D eigenvalue weighted by atomic mass is 9.90. The Bertz CT molecular complexity index is 191. The zero-order valence-electron chi connectivity index (χ0n) is 7.93. The van der Waals surface area contributed by atoms with Crippen LogP contribution in [-0.2, 0) is 4.79 Å². The summed E-state index contributed by atoms with van der Waals surface area (Å²) in [7, 11) is 0. The zero-order valence-corrected chi connectivity index (χ0v) is 7.93. The van der Waals surface area contributed by atoms with Gasteiger partial charge in [-0.05, 0) is 20.3 Å². The van der Waals surface area contributed by atoms with E-state index in [4.69, 9.17) is 0 Å². The Morgan fingerprint density at radius 3 is 2.67 bits per heavy atom. The van der Waals surface area contributed by atoms with Crippen molar-refractivity contribution < 1.29 is 9.18 Å². The Balaban J connectivity index is 2.60. The second-order valence-corrected chi connectivity index (χ2v) is 3.93. The number of likely N-dealkylation sites (tertiary alicyclic amines) is 1. The van der Waals surface area contributed by atoms with Crippen LogP contribution in [0, 0.1) is 0 Å². The van der Waals surface area contributed by atoms with Gasteiger partial charge in [0.1, 0.15) is 5.67 Å². The van der Waals surface area contributed by atoms with E-state index in [1.54, 1.807) is 11.8 Å². The molecule has 0 aromatic heterocycles. The van der Waals surface area contributed by atoms with Crippen molar-refractivity contribution in [3.8, 4) is 0 Å². The molecule has 2 nitrogen and oxygen atoms in total. The molecule has 0 bridgehead atoms. The number of alkyl halides is 1. The first-order valence-corrected chi connectivity index (χ1v) is 4.38. The SMILES string of the molecule is CC(=O)N1CCC(C)(F)CC1C. The van der Waals surface area contributed by atoms with E-state index in [1.165, 1.54) is 6.92 Å². The number of hydrogen-bond donors (Lipinski definition) is 0. The topological polar surface area (TPSA) is 20.3 Å². The van der Waals surface area contributed by atoms with Crippen molar-refractivity contribution in [1.82, 2.24) is 4.90 Å². The predicted molar refractivity (Wildman–Crippen MR) is 45.6 cm³/mol. The standard InChI is InChI=1S/C9H16FNO/c1-7-6-9(3,10)4-5-11(7)8(2)12/h7H,4-6H2,1-3H3. The number of hydrogen-bond acceptors (Lipinski definition) is 1. The Kier molecular flexibility index (Phi) is 2.40. The van der Waals surface area contributed by atoms with Gasteiger partial charge < -0.3 is 4.90 Å². The summed E-state index contributed by atoms with van der Waals surface area (Å²) in [6.07, 6.45) is 0.934. The maximum absolute atomic E-state index is 13.4. The quantitative estimate of drug-likeness (QED) is 0.546. The summed E-state index contributed by atoms with van der Waals surface area (Å²) in [5.41, 5.74) is -1.08. The minimum atomic E-state index is -1.08. The van der Waals surface area contributed by atoms with Crippen LogP contribution in [0.3, 0.4) is 0 Å². The number of piperidine rings is 1. The van der Waals surface area contributed by atoms with E-state index in [0.29, 0.717) is 19.4 Å². The van der Waals surface area contributed by atoms with Crippen LogP contribution in [0.15, 0.2) is 0 Å². The minimum Gasteiger partial charge on any atom is -0.340 e. The van der Waals surface area contributed by atoms with Crippen LogP contribution in [0.1, 0.15) is 33.6 Å². The third-order valence-electron chi connectivity index (χ3n) is 2.53. The number of carbonyl (C=O) groups is 1. The van der Waals surface area contributed by atoms with Gasteiger partial charge in [0.2, 0.25) is 5.91 Å².